The quantitative estimate of drug-likeness (QED) is 0.854. The summed E-state index contributed by atoms with van der Waals surface area (Å²) in [7, 11) is 0. The van der Waals surface area contributed by atoms with E-state index >= 15 is 0 Å². The van der Waals surface area contributed by atoms with Gasteiger partial charge in [0.05, 0.1) is 10.2 Å². The van der Waals surface area contributed by atoms with Crippen LogP contribution in [0.25, 0.3) is 10.2 Å². The Labute approximate surface area is 112 Å². The molecule has 2 aromatic rings. The van der Waals surface area contributed by atoms with Gasteiger partial charge < -0.3 is 5.32 Å². The molecule has 1 atom stereocenters. The minimum Gasteiger partial charge on any atom is -0.359 e. The molecule has 1 aliphatic carbocycles. The maximum atomic E-state index is 4.69. The second-order valence-electron chi connectivity index (χ2n) is 6.24. The van der Waals surface area contributed by atoms with Crippen LogP contribution in [0.3, 0.4) is 0 Å². The van der Waals surface area contributed by atoms with Gasteiger partial charge in [-0.15, -0.1) is 0 Å². The Morgan fingerprint density at radius 3 is 2.94 bits per heavy atom. The summed E-state index contributed by atoms with van der Waals surface area (Å²) in [5, 5.41) is 4.69. The van der Waals surface area contributed by atoms with E-state index in [1.54, 1.807) is 11.3 Å². The van der Waals surface area contributed by atoms with Crippen LogP contribution >= 0.6 is 11.3 Å². The van der Waals surface area contributed by atoms with E-state index in [2.05, 4.69) is 44.3 Å². The van der Waals surface area contributed by atoms with Gasteiger partial charge in [0, 0.05) is 6.04 Å². The Kier molecular flexibility index (Phi) is 2.81. The maximum absolute atomic E-state index is 4.69. The Bertz CT molecular complexity index is 571. The number of nitrogens with zero attached hydrogens (tertiary/aromatic N) is 1. The summed E-state index contributed by atoms with van der Waals surface area (Å²) in [6.07, 6.45) is 3.83. The van der Waals surface area contributed by atoms with Crippen LogP contribution in [0.2, 0.25) is 0 Å². The molecule has 1 aromatic heterocycles. The highest BCUT2D eigenvalue weighted by Gasteiger charge is 2.31. The molecule has 0 amide bonds. The summed E-state index contributed by atoms with van der Waals surface area (Å²) in [5.41, 5.74) is 2.89. The molecule has 0 aliphatic heterocycles. The second-order valence-corrected chi connectivity index (χ2v) is 7.27. The van der Waals surface area contributed by atoms with Gasteiger partial charge >= 0.3 is 0 Å². The van der Waals surface area contributed by atoms with E-state index in [4.69, 9.17) is 4.98 Å². The molecule has 1 fully saturated rings. The van der Waals surface area contributed by atoms with Crippen LogP contribution in [0.15, 0.2) is 18.2 Å². The lowest BCUT2D eigenvalue weighted by atomic mass is 9.92. The Morgan fingerprint density at radius 1 is 1.39 bits per heavy atom. The molecule has 0 spiro atoms. The van der Waals surface area contributed by atoms with E-state index in [1.165, 1.54) is 29.5 Å². The monoisotopic (exact) mass is 260 g/mol. The van der Waals surface area contributed by atoms with Crippen molar-refractivity contribution < 1.29 is 0 Å². The van der Waals surface area contributed by atoms with E-state index in [0.29, 0.717) is 11.5 Å². The van der Waals surface area contributed by atoms with E-state index in [0.717, 1.165) is 10.6 Å². The lowest BCUT2D eigenvalue weighted by Crippen LogP contribution is -2.17. The molecule has 1 N–H and O–H groups in total. The molecule has 96 valence electrons. The molecular weight excluding hydrogens is 240 g/mol. The van der Waals surface area contributed by atoms with Gasteiger partial charge in [0.1, 0.15) is 0 Å². The van der Waals surface area contributed by atoms with Crippen molar-refractivity contribution in [2.24, 2.45) is 5.41 Å². The van der Waals surface area contributed by atoms with Gasteiger partial charge in [0.2, 0.25) is 0 Å². The standard InChI is InChI=1S/C15H20N2S/c1-10-4-5-13-12(8-10)17-14(18-13)16-11-6-7-15(2,3)9-11/h4-5,8,11H,6-7,9H2,1-3H3,(H,16,17). The minimum atomic E-state index is 0.491. The number of hydrogen-bond acceptors (Lipinski definition) is 3. The zero-order valence-corrected chi connectivity index (χ0v) is 12.1. The fourth-order valence-electron chi connectivity index (χ4n) is 2.83. The first-order valence-corrected chi connectivity index (χ1v) is 7.47. The molecule has 1 aromatic carbocycles. The third-order valence-electron chi connectivity index (χ3n) is 3.84. The van der Waals surface area contributed by atoms with Crippen molar-refractivity contribution in [2.75, 3.05) is 5.32 Å². The molecule has 1 heterocycles. The zero-order chi connectivity index (χ0) is 12.8. The molecule has 0 radical (unpaired) electrons. The SMILES string of the molecule is Cc1ccc2sc(NC3CCC(C)(C)C3)nc2c1. The fourth-order valence-corrected chi connectivity index (χ4v) is 3.76. The van der Waals surface area contributed by atoms with Crippen molar-refractivity contribution in [3.05, 3.63) is 23.8 Å². The largest absolute Gasteiger partial charge is 0.359 e. The Balaban J connectivity index is 1.79. The van der Waals surface area contributed by atoms with Crippen LogP contribution in [-0.4, -0.2) is 11.0 Å². The first-order valence-electron chi connectivity index (χ1n) is 6.66. The van der Waals surface area contributed by atoms with Crippen molar-refractivity contribution in [1.29, 1.82) is 0 Å². The number of nitrogens with one attached hydrogen (secondary N) is 1. The third-order valence-corrected chi connectivity index (χ3v) is 4.81. The molecule has 18 heavy (non-hydrogen) atoms. The van der Waals surface area contributed by atoms with E-state index in [1.807, 2.05) is 0 Å². The maximum Gasteiger partial charge on any atom is 0.184 e. The van der Waals surface area contributed by atoms with Crippen molar-refractivity contribution in [3.8, 4) is 0 Å². The van der Waals surface area contributed by atoms with Crippen molar-refractivity contribution >= 4 is 26.7 Å². The highest BCUT2D eigenvalue weighted by atomic mass is 32.1. The number of aromatic nitrogens is 1. The van der Waals surface area contributed by atoms with Gasteiger partial charge in [-0.1, -0.05) is 31.3 Å². The van der Waals surface area contributed by atoms with Crippen molar-refractivity contribution in [1.82, 2.24) is 4.98 Å². The van der Waals surface area contributed by atoms with Crippen LogP contribution < -0.4 is 5.32 Å². The van der Waals surface area contributed by atoms with Crippen LogP contribution in [-0.2, 0) is 0 Å². The number of thiazole rings is 1. The molecule has 0 saturated heterocycles. The molecule has 1 unspecified atom stereocenters. The number of fused-ring (bicyclic) bond motifs is 1. The normalized spacial score (nSPS) is 22.5. The zero-order valence-electron chi connectivity index (χ0n) is 11.3. The number of benzene rings is 1. The highest BCUT2D eigenvalue weighted by Crippen LogP contribution is 2.39. The van der Waals surface area contributed by atoms with Crippen LogP contribution in [0.5, 0.6) is 0 Å². The number of rotatable bonds is 2. The number of anilines is 1. The number of hydrogen-bond donors (Lipinski definition) is 1. The molecule has 0 bridgehead atoms. The average Bonchev–Trinajstić information content (AvgIpc) is 2.81. The summed E-state index contributed by atoms with van der Waals surface area (Å²) in [6, 6.07) is 7.09. The molecule has 2 nitrogen and oxygen atoms in total. The average molecular weight is 260 g/mol. The van der Waals surface area contributed by atoms with Gasteiger partial charge in [-0.25, -0.2) is 4.98 Å². The van der Waals surface area contributed by atoms with Crippen LogP contribution in [0.4, 0.5) is 5.13 Å². The molecule has 1 aliphatic rings. The topological polar surface area (TPSA) is 24.9 Å². The third kappa shape index (κ3) is 2.37. The summed E-state index contributed by atoms with van der Waals surface area (Å²) in [6.45, 7) is 6.83. The molecule has 3 rings (SSSR count). The van der Waals surface area contributed by atoms with Gasteiger partial charge in [0.15, 0.2) is 5.13 Å². The number of aryl methyl sites for hydroxylation is 1. The summed E-state index contributed by atoms with van der Waals surface area (Å²) in [4.78, 5) is 4.69. The fraction of sp³-hybridized carbons (Fsp3) is 0.533. The highest BCUT2D eigenvalue weighted by molar-refractivity contribution is 7.22. The Hall–Kier alpha value is -1.09. The Morgan fingerprint density at radius 2 is 2.22 bits per heavy atom. The van der Waals surface area contributed by atoms with E-state index in [-0.39, 0.29) is 0 Å². The minimum absolute atomic E-state index is 0.491. The summed E-state index contributed by atoms with van der Waals surface area (Å²) < 4.78 is 1.28. The molecule has 3 heteroatoms. The second kappa shape index (κ2) is 4.23. The predicted octanol–water partition coefficient (Wildman–Crippen LogP) is 4.60. The van der Waals surface area contributed by atoms with Crippen molar-refractivity contribution in [2.45, 2.75) is 46.1 Å². The van der Waals surface area contributed by atoms with Crippen molar-refractivity contribution in [3.63, 3.8) is 0 Å². The van der Waals surface area contributed by atoms with Crippen LogP contribution in [0.1, 0.15) is 38.7 Å². The van der Waals surface area contributed by atoms with E-state index < -0.39 is 0 Å². The molecular formula is C15H20N2S. The first-order chi connectivity index (χ1) is 8.52. The summed E-state index contributed by atoms with van der Waals surface area (Å²) >= 11 is 1.77. The van der Waals surface area contributed by atoms with Gasteiger partial charge in [-0.3, -0.25) is 0 Å². The smallest absolute Gasteiger partial charge is 0.184 e. The summed E-state index contributed by atoms with van der Waals surface area (Å²) in [5.74, 6) is 0. The predicted molar refractivity (Wildman–Crippen MR) is 79.4 cm³/mol. The van der Waals surface area contributed by atoms with Gasteiger partial charge in [0.25, 0.3) is 0 Å². The van der Waals surface area contributed by atoms with E-state index in [9.17, 15) is 0 Å². The molecule has 1 saturated carbocycles. The van der Waals surface area contributed by atoms with Gasteiger partial charge in [-0.05, 0) is 49.3 Å². The van der Waals surface area contributed by atoms with Crippen LogP contribution in [0, 0.1) is 12.3 Å². The lowest BCUT2D eigenvalue weighted by molar-refractivity contribution is 0.378. The lowest BCUT2D eigenvalue weighted by Gasteiger charge is -2.17. The first kappa shape index (κ1) is 12.0. The van der Waals surface area contributed by atoms with Gasteiger partial charge in [-0.2, -0.15) is 0 Å².